The largest absolute Gasteiger partial charge is 0.480 e. The Labute approximate surface area is 159 Å². The number of benzene rings is 1. The van der Waals surface area contributed by atoms with Crippen molar-refractivity contribution in [2.24, 2.45) is 0 Å². The summed E-state index contributed by atoms with van der Waals surface area (Å²) in [5.41, 5.74) is 5.20. The van der Waals surface area contributed by atoms with Crippen LogP contribution in [0.15, 0.2) is 22.0 Å². The summed E-state index contributed by atoms with van der Waals surface area (Å²) in [5, 5.41) is 18.8. The van der Waals surface area contributed by atoms with E-state index in [0.717, 1.165) is 24.9 Å². The molecular formula is C18H20BrN3O2S. The maximum absolute atomic E-state index is 11.7. The molecule has 2 aliphatic rings. The number of thioether (sulfide) groups is 1. The molecule has 5 nitrogen and oxygen atoms in total. The molecule has 0 bridgehead atoms. The molecule has 1 aromatic heterocycles. The normalized spacial score (nSPS) is 18.5. The number of hydrogen-bond donors (Lipinski definition) is 1. The Hall–Kier alpha value is -1.34. The lowest BCUT2D eigenvalue weighted by Crippen LogP contribution is -2.42. The molecule has 0 atom stereocenters. The van der Waals surface area contributed by atoms with E-state index in [1.54, 1.807) is 0 Å². The van der Waals surface area contributed by atoms with E-state index in [4.69, 9.17) is 0 Å². The maximum Gasteiger partial charge on any atom is 0.320 e. The number of nitrogens with zero attached hydrogens (tertiary/aromatic N) is 3. The fraction of sp³-hybridized carbons (Fsp3) is 0.500. The molecule has 1 fully saturated rings. The minimum absolute atomic E-state index is 0.631. The minimum Gasteiger partial charge on any atom is -0.480 e. The predicted molar refractivity (Wildman–Crippen MR) is 101 cm³/mol. The van der Waals surface area contributed by atoms with Crippen LogP contribution in [0.25, 0.3) is 5.69 Å². The second-order valence-corrected chi connectivity index (χ2v) is 8.97. The molecule has 0 radical (unpaired) electrons. The Balaban J connectivity index is 1.80. The van der Waals surface area contributed by atoms with Crippen LogP contribution in [0.4, 0.5) is 0 Å². The molecule has 0 saturated heterocycles. The average molecular weight is 422 g/mol. The molecule has 0 spiro atoms. The van der Waals surface area contributed by atoms with Crippen molar-refractivity contribution in [1.82, 2.24) is 14.8 Å². The molecule has 0 aliphatic heterocycles. The van der Waals surface area contributed by atoms with Crippen molar-refractivity contribution in [3.8, 4) is 5.69 Å². The van der Waals surface area contributed by atoms with Crippen LogP contribution in [0.5, 0.6) is 0 Å². The molecule has 1 heterocycles. The molecule has 4 rings (SSSR count). The Morgan fingerprint density at radius 2 is 1.92 bits per heavy atom. The third-order valence-electron chi connectivity index (χ3n) is 5.42. The maximum atomic E-state index is 11.7. The lowest BCUT2D eigenvalue weighted by atomic mass is 9.84. The summed E-state index contributed by atoms with van der Waals surface area (Å²) in [4.78, 5) is 11.7. The van der Waals surface area contributed by atoms with Crippen LogP contribution >= 0.6 is 27.7 Å². The third kappa shape index (κ3) is 2.81. The highest BCUT2D eigenvalue weighted by atomic mass is 79.9. The van der Waals surface area contributed by atoms with E-state index in [1.165, 1.54) is 41.3 Å². The first-order chi connectivity index (χ1) is 12.0. The van der Waals surface area contributed by atoms with Crippen molar-refractivity contribution in [3.63, 3.8) is 0 Å². The van der Waals surface area contributed by atoms with Gasteiger partial charge in [0.25, 0.3) is 0 Å². The highest BCUT2D eigenvalue weighted by molar-refractivity contribution is 9.10. The molecule has 2 aromatic rings. The number of halogens is 1. The van der Waals surface area contributed by atoms with Gasteiger partial charge in [0.05, 0.1) is 5.69 Å². The molecule has 1 N–H and O–H groups in total. The van der Waals surface area contributed by atoms with E-state index in [9.17, 15) is 9.90 Å². The lowest BCUT2D eigenvalue weighted by molar-refractivity contribution is -0.142. The van der Waals surface area contributed by atoms with Gasteiger partial charge in [0.2, 0.25) is 4.73 Å². The smallest absolute Gasteiger partial charge is 0.320 e. The summed E-state index contributed by atoms with van der Waals surface area (Å²) in [6, 6.07) is 4.27. The first-order valence-corrected chi connectivity index (χ1v) is 10.3. The van der Waals surface area contributed by atoms with Gasteiger partial charge in [0, 0.05) is 0 Å². The number of rotatable bonds is 4. The third-order valence-corrected chi connectivity index (χ3v) is 7.35. The molecular weight excluding hydrogens is 402 g/mol. The number of aromatic nitrogens is 3. The van der Waals surface area contributed by atoms with Crippen molar-refractivity contribution in [1.29, 1.82) is 0 Å². The number of fused-ring (bicyclic) bond motifs is 1. The van der Waals surface area contributed by atoms with Gasteiger partial charge in [-0.15, -0.1) is 10.2 Å². The number of hydrogen-bond acceptors (Lipinski definition) is 4. The molecule has 7 heteroatoms. The highest BCUT2D eigenvalue weighted by Crippen LogP contribution is 2.48. The molecule has 0 amide bonds. The van der Waals surface area contributed by atoms with Crippen molar-refractivity contribution < 1.29 is 9.90 Å². The SMILES string of the molecule is Cc1ccc(-n2c(Br)nnc2SC2(C(=O)O)CCC2)c2c1CCCC2. The van der Waals surface area contributed by atoms with Gasteiger partial charge in [-0.2, -0.15) is 0 Å². The molecule has 1 saturated carbocycles. The second kappa shape index (κ2) is 6.43. The standard InChI is InChI=1S/C18H20BrN3O2S/c1-11-7-8-14(13-6-3-2-5-12(11)13)22-16(19)20-21-17(22)25-18(15(23)24)9-4-10-18/h7-8H,2-6,9-10H2,1H3,(H,23,24). The fourth-order valence-corrected chi connectivity index (χ4v) is 5.63. The van der Waals surface area contributed by atoms with E-state index >= 15 is 0 Å². The number of carboxylic acid groups (broad SMARTS) is 1. The first kappa shape index (κ1) is 17.1. The zero-order valence-electron chi connectivity index (χ0n) is 14.1. The topological polar surface area (TPSA) is 68.0 Å². The van der Waals surface area contributed by atoms with Gasteiger partial charge in [0.15, 0.2) is 5.16 Å². The van der Waals surface area contributed by atoms with Gasteiger partial charge in [-0.05, 0) is 90.6 Å². The molecule has 2 aliphatic carbocycles. The molecule has 0 unspecified atom stereocenters. The fourth-order valence-electron chi connectivity index (χ4n) is 3.79. The van der Waals surface area contributed by atoms with Gasteiger partial charge < -0.3 is 5.11 Å². The number of carbonyl (C=O) groups is 1. The van der Waals surface area contributed by atoms with Crippen LogP contribution in [0.1, 0.15) is 48.8 Å². The van der Waals surface area contributed by atoms with E-state index in [1.807, 2.05) is 4.57 Å². The van der Waals surface area contributed by atoms with Crippen molar-refractivity contribution >= 4 is 33.7 Å². The van der Waals surface area contributed by atoms with E-state index in [0.29, 0.717) is 22.7 Å². The Kier molecular flexibility index (Phi) is 4.40. The molecule has 132 valence electrons. The monoisotopic (exact) mass is 421 g/mol. The summed E-state index contributed by atoms with van der Waals surface area (Å²) in [7, 11) is 0. The van der Waals surface area contributed by atoms with Crippen LogP contribution in [0.2, 0.25) is 0 Å². The van der Waals surface area contributed by atoms with Gasteiger partial charge >= 0.3 is 5.97 Å². The van der Waals surface area contributed by atoms with E-state index in [2.05, 4.69) is 45.2 Å². The van der Waals surface area contributed by atoms with Gasteiger partial charge in [-0.1, -0.05) is 17.8 Å². The van der Waals surface area contributed by atoms with E-state index < -0.39 is 10.7 Å². The Bertz CT molecular complexity index is 845. The highest BCUT2D eigenvalue weighted by Gasteiger charge is 2.47. The van der Waals surface area contributed by atoms with E-state index in [-0.39, 0.29) is 0 Å². The molecule has 25 heavy (non-hydrogen) atoms. The number of aryl methyl sites for hydroxylation is 1. The van der Waals surface area contributed by atoms with Gasteiger partial charge in [-0.25, -0.2) is 0 Å². The predicted octanol–water partition coefficient (Wildman–Crippen LogP) is 4.32. The summed E-state index contributed by atoms with van der Waals surface area (Å²) in [6.45, 7) is 2.17. The molecule has 1 aromatic carbocycles. The quantitative estimate of drug-likeness (QED) is 0.795. The van der Waals surface area contributed by atoms with Gasteiger partial charge in [0.1, 0.15) is 4.75 Å². The minimum atomic E-state index is -0.755. The summed E-state index contributed by atoms with van der Waals surface area (Å²) in [5.74, 6) is -0.750. The van der Waals surface area contributed by atoms with Crippen molar-refractivity contribution in [2.75, 3.05) is 0 Å². The van der Waals surface area contributed by atoms with Crippen molar-refractivity contribution in [2.45, 2.75) is 61.8 Å². The van der Waals surface area contributed by atoms with Crippen LogP contribution in [-0.2, 0) is 17.6 Å². The van der Waals surface area contributed by atoms with Crippen LogP contribution in [-0.4, -0.2) is 30.6 Å². The van der Waals surface area contributed by atoms with Crippen LogP contribution in [0.3, 0.4) is 0 Å². The lowest BCUT2D eigenvalue weighted by Gasteiger charge is -2.36. The summed E-state index contributed by atoms with van der Waals surface area (Å²) < 4.78 is 1.86. The zero-order valence-corrected chi connectivity index (χ0v) is 16.5. The number of carboxylic acids is 1. The summed E-state index contributed by atoms with van der Waals surface area (Å²) in [6.07, 6.45) is 6.89. The Morgan fingerprint density at radius 3 is 2.56 bits per heavy atom. The van der Waals surface area contributed by atoms with Crippen molar-refractivity contribution in [3.05, 3.63) is 33.6 Å². The van der Waals surface area contributed by atoms with Crippen LogP contribution < -0.4 is 0 Å². The zero-order chi connectivity index (χ0) is 17.6. The van der Waals surface area contributed by atoms with Crippen LogP contribution in [0, 0.1) is 6.92 Å². The summed E-state index contributed by atoms with van der Waals surface area (Å²) >= 11 is 4.86. The first-order valence-electron chi connectivity index (χ1n) is 8.67. The average Bonchev–Trinajstić information content (AvgIpc) is 2.92. The number of aliphatic carboxylic acids is 1. The second-order valence-electron chi connectivity index (χ2n) is 6.91. The van der Waals surface area contributed by atoms with Gasteiger partial charge in [-0.3, -0.25) is 9.36 Å². The Morgan fingerprint density at radius 1 is 1.20 bits per heavy atom.